The van der Waals surface area contributed by atoms with Gasteiger partial charge >= 0.3 is 0 Å². The number of piperidine rings is 1. The Balaban J connectivity index is 1.69. The number of fused-ring (bicyclic) bond motifs is 2. The Morgan fingerprint density at radius 1 is 1.18 bits per heavy atom. The van der Waals surface area contributed by atoms with Gasteiger partial charge in [-0.15, -0.1) is 0 Å². The fraction of sp³-hybridized carbons (Fsp3) is 0.600. The molecule has 2 unspecified atom stereocenters. The molecule has 17 heavy (non-hydrogen) atoms. The zero-order valence-electron chi connectivity index (χ0n) is 10.6. The second kappa shape index (κ2) is 4.11. The number of nitrogens with zero attached hydrogens (tertiary/aromatic N) is 1. The second-order valence-electron chi connectivity index (χ2n) is 6.02. The van der Waals surface area contributed by atoms with E-state index >= 15 is 0 Å². The van der Waals surface area contributed by atoms with Crippen molar-refractivity contribution in [2.45, 2.75) is 31.8 Å². The summed E-state index contributed by atoms with van der Waals surface area (Å²) >= 11 is 0. The van der Waals surface area contributed by atoms with Gasteiger partial charge in [0.05, 0.1) is 0 Å². The highest BCUT2D eigenvalue weighted by Crippen LogP contribution is 2.43. The van der Waals surface area contributed by atoms with E-state index in [-0.39, 0.29) is 5.54 Å². The molecule has 2 atom stereocenters. The molecule has 2 aliphatic rings. The molecule has 1 saturated heterocycles. The highest BCUT2D eigenvalue weighted by molar-refractivity contribution is 5.15. The van der Waals surface area contributed by atoms with Crippen LogP contribution >= 0.6 is 0 Å². The maximum absolute atomic E-state index is 6.46. The molecule has 1 aromatic rings. The molecule has 2 bridgehead atoms. The molecule has 0 radical (unpaired) electrons. The summed E-state index contributed by atoms with van der Waals surface area (Å²) in [6.45, 7) is 5.70. The summed E-state index contributed by atoms with van der Waals surface area (Å²) in [5.74, 6) is 1.40. The summed E-state index contributed by atoms with van der Waals surface area (Å²) in [5.41, 5.74) is 7.97. The van der Waals surface area contributed by atoms with Crippen molar-refractivity contribution in [3.05, 3.63) is 35.9 Å². The first kappa shape index (κ1) is 11.2. The molecule has 1 aliphatic heterocycles. The average Bonchev–Trinajstić information content (AvgIpc) is 2.53. The average molecular weight is 230 g/mol. The van der Waals surface area contributed by atoms with Gasteiger partial charge in [0.15, 0.2) is 0 Å². The molecule has 0 amide bonds. The van der Waals surface area contributed by atoms with Gasteiger partial charge in [-0.25, -0.2) is 0 Å². The number of hydrogen-bond acceptors (Lipinski definition) is 2. The van der Waals surface area contributed by atoms with Crippen LogP contribution in [0, 0.1) is 11.8 Å². The zero-order valence-corrected chi connectivity index (χ0v) is 10.6. The van der Waals surface area contributed by atoms with Crippen molar-refractivity contribution >= 4 is 0 Å². The third kappa shape index (κ3) is 2.00. The van der Waals surface area contributed by atoms with E-state index in [1.54, 1.807) is 0 Å². The Kier molecular flexibility index (Phi) is 2.72. The molecule has 0 spiro atoms. The Labute approximate surface area is 104 Å². The minimum Gasteiger partial charge on any atom is -0.325 e. The Bertz CT molecular complexity index is 369. The van der Waals surface area contributed by atoms with Gasteiger partial charge in [-0.2, -0.15) is 0 Å². The van der Waals surface area contributed by atoms with Crippen molar-refractivity contribution in [2.24, 2.45) is 17.6 Å². The van der Waals surface area contributed by atoms with E-state index in [1.807, 2.05) is 0 Å². The number of rotatable bonds is 2. The number of nitrogens with two attached hydrogens (primary N) is 1. The molecule has 2 heteroatoms. The highest BCUT2D eigenvalue weighted by atomic mass is 15.2. The van der Waals surface area contributed by atoms with Gasteiger partial charge in [0.25, 0.3) is 0 Å². The van der Waals surface area contributed by atoms with E-state index in [9.17, 15) is 0 Å². The van der Waals surface area contributed by atoms with Crippen LogP contribution in [0.5, 0.6) is 0 Å². The third-order valence-corrected chi connectivity index (χ3v) is 4.83. The molecule has 2 N–H and O–H groups in total. The molecule has 3 rings (SSSR count). The molecule has 1 aromatic carbocycles. The summed E-state index contributed by atoms with van der Waals surface area (Å²) < 4.78 is 0. The number of hydrogen-bond donors (Lipinski definition) is 1. The molecular formula is C15H22N2. The topological polar surface area (TPSA) is 29.3 Å². The summed E-state index contributed by atoms with van der Waals surface area (Å²) in [7, 11) is 0. The van der Waals surface area contributed by atoms with Crippen LogP contribution in [0.4, 0.5) is 0 Å². The van der Waals surface area contributed by atoms with E-state index in [0.29, 0.717) is 11.8 Å². The van der Waals surface area contributed by atoms with Crippen LogP contribution in [0.1, 0.15) is 25.3 Å². The lowest BCUT2D eigenvalue weighted by molar-refractivity contribution is 0.0895. The molecule has 1 saturated carbocycles. The minimum atomic E-state index is 0.0905. The number of benzene rings is 1. The molecule has 2 fully saturated rings. The molecule has 0 aromatic heterocycles. The maximum atomic E-state index is 6.46. The van der Waals surface area contributed by atoms with Crippen LogP contribution in [0.15, 0.2) is 30.3 Å². The van der Waals surface area contributed by atoms with Crippen LogP contribution in [-0.4, -0.2) is 23.5 Å². The molecular weight excluding hydrogens is 208 g/mol. The largest absolute Gasteiger partial charge is 0.325 e. The van der Waals surface area contributed by atoms with Gasteiger partial charge in [-0.1, -0.05) is 30.3 Å². The van der Waals surface area contributed by atoms with Crippen LogP contribution < -0.4 is 5.73 Å². The Morgan fingerprint density at radius 3 is 2.35 bits per heavy atom. The van der Waals surface area contributed by atoms with Gasteiger partial charge in [0.2, 0.25) is 0 Å². The van der Waals surface area contributed by atoms with Crippen molar-refractivity contribution in [3.63, 3.8) is 0 Å². The van der Waals surface area contributed by atoms with Gasteiger partial charge in [0, 0.05) is 25.2 Å². The van der Waals surface area contributed by atoms with Gasteiger partial charge in [-0.05, 0) is 37.2 Å². The summed E-state index contributed by atoms with van der Waals surface area (Å²) in [6, 6.07) is 10.8. The van der Waals surface area contributed by atoms with Crippen LogP contribution in [-0.2, 0) is 6.54 Å². The van der Waals surface area contributed by atoms with Crippen molar-refractivity contribution in [1.82, 2.24) is 4.90 Å². The maximum Gasteiger partial charge on any atom is 0.0233 e. The van der Waals surface area contributed by atoms with Gasteiger partial charge in [0.1, 0.15) is 0 Å². The number of likely N-dealkylation sites (tertiary alicyclic amines) is 1. The monoisotopic (exact) mass is 230 g/mol. The SMILES string of the molecule is CC1(N)C2CCC1CN(Cc1ccccc1)C2. The zero-order chi connectivity index (χ0) is 11.9. The Hall–Kier alpha value is -0.860. The summed E-state index contributed by atoms with van der Waals surface area (Å²) in [4.78, 5) is 2.59. The first-order valence-electron chi connectivity index (χ1n) is 6.71. The van der Waals surface area contributed by atoms with Crippen molar-refractivity contribution < 1.29 is 0 Å². The van der Waals surface area contributed by atoms with E-state index in [1.165, 1.54) is 31.5 Å². The van der Waals surface area contributed by atoms with Crippen LogP contribution in [0.2, 0.25) is 0 Å². The normalized spacial score (nSPS) is 37.3. The fourth-order valence-electron chi connectivity index (χ4n) is 3.60. The third-order valence-electron chi connectivity index (χ3n) is 4.83. The first-order valence-corrected chi connectivity index (χ1v) is 6.71. The van der Waals surface area contributed by atoms with Crippen LogP contribution in [0.25, 0.3) is 0 Å². The van der Waals surface area contributed by atoms with Crippen molar-refractivity contribution in [1.29, 1.82) is 0 Å². The van der Waals surface area contributed by atoms with E-state index in [4.69, 9.17) is 5.73 Å². The standard InChI is InChI=1S/C15H22N2/c1-15(16)13-7-8-14(15)11-17(10-13)9-12-5-3-2-4-6-12/h2-6,13-14H,7-11,16H2,1H3. The van der Waals surface area contributed by atoms with E-state index in [0.717, 1.165) is 6.54 Å². The Morgan fingerprint density at radius 2 is 1.76 bits per heavy atom. The molecule has 1 heterocycles. The molecule has 2 nitrogen and oxygen atoms in total. The fourth-order valence-corrected chi connectivity index (χ4v) is 3.60. The van der Waals surface area contributed by atoms with E-state index < -0.39 is 0 Å². The van der Waals surface area contributed by atoms with Crippen molar-refractivity contribution in [3.8, 4) is 0 Å². The van der Waals surface area contributed by atoms with Crippen LogP contribution in [0.3, 0.4) is 0 Å². The van der Waals surface area contributed by atoms with Gasteiger partial charge < -0.3 is 5.73 Å². The molecule has 92 valence electrons. The lowest BCUT2D eigenvalue weighted by Gasteiger charge is -2.43. The smallest absolute Gasteiger partial charge is 0.0233 e. The summed E-state index contributed by atoms with van der Waals surface area (Å²) in [5, 5.41) is 0. The second-order valence-corrected chi connectivity index (χ2v) is 6.02. The minimum absolute atomic E-state index is 0.0905. The molecule has 1 aliphatic carbocycles. The summed E-state index contributed by atoms with van der Waals surface area (Å²) in [6.07, 6.45) is 2.64. The lowest BCUT2D eigenvalue weighted by atomic mass is 9.79. The predicted molar refractivity (Wildman–Crippen MR) is 70.5 cm³/mol. The first-order chi connectivity index (χ1) is 8.16. The quantitative estimate of drug-likeness (QED) is 0.844. The van der Waals surface area contributed by atoms with E-state index in [2.05, 4.69) is 42.2 Å². The predicted octanol–water partition coefficient (Wildman–Crippen LogP) is 2.25. The lowest BCUT2D eigenvalue weighted by Crippen LogP contribution is -2.57. The van der Waals surface area contributed by atoms with Crippen molar-refractivity contribution in [2.75, 3.05) is 13.1 Å². The highest BCUT2D eigenvalue weighted by Gasteiger charge is 2.47. The van der Waals surface area contributed by atoms with Gasteiger partial charge in [-0.3, -0.25) is 4.90 Å².